The number of nitrogens with one attached hydrogen (secondary N) is 1. The predicted octanol–water partition coefficient (Wildman–Crippen LogP) is 3.55. The molecule has 7 nitrogen and oxygen atoms in total. The van der Waals surface area contributed by atoms with Gasteiger partial charge in [0, 0.05) is 24.4 Å². The maximum atomic E-state index is 13.2. The van der Waals surface area contributed by atoms with Crippen LogP contribution in [0.3, 0.4) is 0 Å². The van der Waals surface area contributed by atoms with Gasteiger partial charge < -0.3 is 14.6 Å². The molecule has 0 saturated carbocycles. The Hall–Kier alpha value is -3.61. The predicted molar refractivity (Wildman–Crippen MR) is 121 cm³/mol. The monoisotopic (exact) mass is 418 g/mol. The summed E-state index contributed by atoms with van der Waals surface area (Å²) in [5.41, 5.74) is 2.12. The van der Waals surface area contributed by atoms with Crippen LogP contribution in [0.2, 0.25) is 0 Å². The van der Waals surface area contributed by atoms with Crippen LogP contribution in [-0.4, -0.2) is 26.9 Å². The summed E-state index contributed by atoms with van der Waals surface area (Å²) in [4.78, 5) is 26.2. The number of aryl methyl sites for hydroxylation is 1. The Kier molecular flexibility index (Phi) is 5.75. The summed E-state index contributed by atoms with van der Waals surface area (Å²) in [5, 5.41) is 8.88. The van der Waals surface area contributed by atoms with Crippen LogP contribution in [-0.2, 0) is 18.4 Å². The number of carbonyl (C=O) groups is 1. The second-order valence-electron chi connectivity index (χ2n) is 7.44. The fourth-order valence-corrected chi connectivity index (χ4v) is 3.97. The third-order valence-corrected chi connectivity index (χ3v) is 5.51. The second kappa shape index (κ2) is 8.63. The number of hydrogen-bond donors (Lipinski definition) is 1. The van der Waals surface area contributed by atoms with Crippen LogP contribution < -0.4 is 15.6 Å². The van der Waals surface area contributed by atoms with Crippen molar-refractivity contribution < 1.29 is 9.53 Å². The third kappa shape index (κ3) is 3.79. The molecule has 4 aromatic rings. The molecule has 0 bridgehead atoms. The molecule has 31 heavy (non-hydrogen) atoms. The first-order valence-corrected chi connectivity index (χ1v) is 10.5. The standard InChI is InChI=1S/C24H26N4O3/c1-4-20(23(29)25-14-16-10-12-17(13-11-16)31-5-2)28-21-9-7-6-8-18(21)19-15-26-27(3)24(30)22(19)28/h6-13,15,20H,4-5,14H2,1-3H3,(H,25,29)/t20-/m1/s1. The van der Waals surface area contributed by atoms with E-state index in [1.165, 1.54) is 4.68 Å². The van der Waals surface area contributed by atoms with Crippen LogP contribution in [0.25, 0.3) is 21.8 Å². The number of benzene rings is 2. The number of hydrogen-bond acceptors (Lipinski definition) is 4. The summed E-state index contributed by atoms with van der Waals surface area (Å²) >= 11 is 0. The Balaban J connectivity index is 1.69. The molecule has 0 aliphatic carbocycles. The first-order valence-electron chi connectivity index (χ1n) is 10.5. The summed E-state index contributed by atoms with van der Waals surface area (Å²) in [7, 11) is 1.62. The third-order valence-electron chi connectivity index (χ3n) is 5.51. The van der Waals surface area contributed by atoms with Gasteiger partial charge >= 0.3 is 0 Å². The van der Waals surface area contributed by atoms with E-state index in [9.17, 15) is 9.59 Å². The number of para-hydroxylation sites is 1. The quantitative estimate of drug-likeness (QED) is 0.498. The molecule has 2 heterocycles. The van der Waals surface area contributed by atoms with Gasteiger partial charge in [-0.05, 0) is 37.1 Å². The fourth-order valence-electron chi connectivity index (χ4n) is 3.97. The Morgan fingerprint density at radius 1 is 1.10 bits per heavy atom. The minimum Gasteiger partial charge on any atom is -0.494 e. The van der Waals surface area contributed by atoms with Gasteiger partial charge in [-0.1, -0.05) is 37.3 Å². The average molecular weight is 418 g/mol. The van der Waals surface area contributed by atoms with E-state index in [-0.39, 0.29) is 11.5 Å². The molecule has 0 unspecified atom stereocenters. The topological polar surface area (TPSA) is 78.2 Å². The molecule has 1 amide bonds. The van der Waals surface area contributed by atoms with Crippen LogP contribution in [0.1, 0.15) is 31.9 Å². The molecule has 0 aliphatic rings. The van der Waals surface area contributed by atoms with Crippen molar-refractivity contribution >= 4 is 27.7 Å². The van der Waals surface area contributed by atoms with Gasteiger partial charge in [-0.2, -0.15) is 5.10 Å². The van der Waals surface area contributed by atoms with Crippen LogP contribution in [0.4, 0.5) is 0 Å². The van der Waals surface area contributed by atoms with Crippen molar-refractivity contribution in [2.45, 2.75) is 32.9 Å². The van der Waals surface area contributed by atoms with E-state index < -0.39 is 6.04 Å². The Morgan fingerprint density at radius 2 is 1.84 bits per heavy atom. The van der Waals surface area contributed by atoms with Gasteiger partial charge in [-0.15, -0.1) is 0 Å². The molecule has 160 valence electrons. The summed E-state index contributed by atoms with van der Waals surface area (Å²) < 4.78 is 8.64. The van der Waals surface area contributed by atoms with E-state index in [2.05, 4.69) is 10.4 Å². The summed E-state index contributed by atoms with van der Waals surface area (Å²) in [6.45, 7) is 4.91. The molecular formula is C24H26N4O3. The lowest BCUT2D eigenvalue weighted by atomic mass is 10.1. The van der Waals surface area contributed by atoms with Gasteiger partial charge in [-0.3, -0.25) is 9.59 Å². The lowest BCUT2D eigenvalue weighted by molar-refractivity contribution is -0.124. The van der Waals surface area contributed by atoms with Crippen molar-refractivity contribution in [3.05, 3.63) is 70.6 Å². The molecule has 7 heteroatoms. The maximum Gasteiger partial charge on any atom is 0.291 e. The van der Waals surface area contributed by atoms with Gasteiger partial charge in [-0.25, -0.2) is 4.68 Å². The van der Waals surface area contributed by atoms with Crippen molar-refractivity contribution in [2.75, 3.05) is 6.61 Å². The highest BCUT2D eigenvalue weighted by molar-refractivity contribution is 6.08. The number of nitrogens with zero attached hydrogens (tertiary/aromatic N) is 3. The first kappa shape index (κ1) is 20.7. The highest BCUT2D eigenvalue weighted by Crippen LogP contribution is 2.30. The van der Waals surface area contributed by atoms with Crippen molar-refractivity contribution in [1.29, 1.82) is 0 Å². The largest absolute Gasteiger partial charge is 0.494 e. The van der Waals surface area contributed by atoms with Gasteiger partial charge in [0.25, 0.3) is 5.56 Å². The van der Waals surface area contributed by atoms with E-state index in [4.69, 9.17) is 4.74 Å². The SMILES string of the molecule is CCOc1ccc(CNC(=O)[C@@H](CC)n2c3ccccc3c3cnn(C)c(=O)c32)cc1. The van der Waals surface area contributed by atoms with Crippen molar-refractivity contribution in [2.24, 2.45) is 7.05 Å². The van der Waals surface area contributed by atoms with Crippen LogP contribution in [0.15, 0.2) is 59.5 Å². The zero-order valence-corrected chi connectivity index (χ0v) is 18.0. The Bertz CT molecular complexity index is 1290. The minimum atomic E-state index is -0.514. The lowest BCUT2D eigenvalue weighted by Crippen LogP contribution is -2.33. The van der Waals surface area contributed by atoms with E-state index in [1.54, 1.807) is 13.2 Å². The minimum absolute atomic E-state index is 0.127. The molecule has 1 atom stereocenters. The molecular weight excluding hydrogens is 392 g/mol. The van der Waals surface area contributed by atoms with Crippen LogP contribution in [0, 0.1) is 0 Å². The molecule has 4 rings (SSSR count). The molecule has 1 N–H and O–H groups in total. The molecule has 0 radical (unpaired) electrons. The molecule has 0 spiro atoms. The Morgan fingerprint density at radius 3 is 2.55 bits per heavy atom. The number of rotatable bonds is 7. The van der Waals surface area contributed by atoms with E-state index in [1.807, 2.05) is 66.9 Å². The van der Waals surface area contributed by atoms with Crippen molar-refractivity contribution in [1.82, 2.24) is 19.7 Å². The molecule has 2 aromatic carbocycles. The lowest BCUT2D eigenvalue weighted by Gasteiger charge is -2.19. The zero-order valence-electron chi connectivity index (χ0n) is 18.0. The number of amides is 1. The number of ether oxygens (including phenoxy) is 1. The van der Waals surface area contributed by atoms with E-state index in [0.29, 0.717) is 25.1 Å². The molecule has 0 fully saturated rings. The highest BCUT2D eigenvalue weighted by atomic mass is 16.5. The number of aromatic nitrogens is 3. The molecule has 0 aliphatic heterocycles. The zero-order chi connectivity index (χ0) is 22.0. The smallest absolute Gasteiger partial charge is 0.291 e. The highest BCUT2D eigenvalue weighted by Gasteiger charge is 2.25. The summed E-state index contributed by atoms with van der Waals surface area (Å²) in [6.07, 6.45) is 2.24. The van der Waals surface area contributed by atoms with Crippen molar-refractivity contribution in [3.8, 4) is 5.75 Å². The molecule has 2 aromatic heterocycles. The van der Waals surface area contributed by atoms with Gasteiger partial charge in [0.05, 0.1) is 18.3 Å². The average Bonchev–Trinajstić information content (AvgIpc) is 3.12. The van der Waals surface area contributed by atoms with E-state index >= 15 is 0 Å². The first-order chi connectivity index (χ1) is 15.0. The maximum absolute atomic E-state index is 13.2. The van der Waals surface area contributed by atoms with Gasteiger partial charge in [0.2, 0.25) is 5.91 Å². The van der Waals surface area contributed by atoms with E-state index in [0.717, 1.165) is 27.6 Å². The number of fused-ring (bicyclic) bond motifs is 3. The molecule has 0 saturated heterocycles. The van der Waals surface area contributed by atoms with Crippen LogP contribution >= 0.6 is 0 Å². The van der Waals surface area contributed by atoms with Gasteiger partial charge in [0.1, 0.15) is 17.3 Å². The van der Waals surface area contributed by atoms with Gasteiger partial charge in [0.15, 0.2) is 0 Å². The van der Waals surface area contributed by atoms with Crippen molar-refractivity contribution in [3.63, 3.8) is 0 Å². The summed E-state index contributed by atoms with van der Waals surface area (Å²) in [6, 6.07) is 14.9. The summed E-state index contributed by atoms with van der Waals surface area (Å²) in [5.74, 6) is 0.677. The second-order valence-corrected chi connectivity index (χ2v) is 7.44. The normalized spacial score (nSPS) is 12.2. The van der Waals surface area contributed by atoms with Crippen LogP contribution in [0.5, 0.6) is 5.75 Å². The number of carbonyl (C=O) groups excluding carboxylic acids is 1. The Labute approximate surface area is 180 Å². The fraction of sp³-hybridized carbons (Fsp3) is 0.292.